The van der Waals surface area contributed by atoms with E-state index in [1.165, 1.54) is 0 Å². The first-order valence-corrected chi connectivity index (χ1v) is 10.6. The maximum atomic E-state index is 12.6. The lowest BCUT2D eigenvalue weighted by Crippen LogP contribution is -2.25. The number of nitrogens with one attached hydrogen (secondary N) is 1. The molecule has 4 rings (SSSR count). The van der Waals surface area contributed by atoms with E-state index in [0.717, 1.165) is 28.8 Å². The molecule has 0 aliphatic carbocycles. The van der Waals surface area contributed by atoms with Crippen LogP contribution in [0.15, 0.2) is 97.2 Å². The minimum Gasteiger partial charge on any atom is -0.439 e. The summed E-state index contributed by atoms with van der Waals surface area (Å²) in [5.74, 6) is 0.172. The average molecular weight is 462 g/mol. The molecule has 1 N–H and O–H groups in total. The zero-order chi connectivity index (χ0) is 24.0. The fourth-order valence-electron chi connectivity index (χ4n) is 3.32. The van der Waals surface area contributed by atoms with E-state index in [1.807, 2.05) is 18.2 Å². The normalized spacial score (nSPS) is 11.1. The second-order valence-electron chi connectivity index (χ2n) is 7.58. The summed E-state index contributed by atoms with van der Waals surface area (Å²) in [6.07, 6.45) is -3.04. The fourth-order valence-corrected chi connectivity index (χ4v) is 3.32. The third-order valence-electron chi connectivity index (χ3n) is 5.16. The Bertz CT molecular complexity index is 1220. The number of nitrogens with zero attached hydrogens (tertiary/aromatic N) is 1. The summed E-state index contributed by atoms with van der Waals surface area (Å²) in [7, 11) is 0. The lowest BCUT2D eigenvalue weighted by atomic mass is 10.0. The molecule has 0 fully saturated rings. The van der Waals surface area contributed by atoms with Crippen LogP contribution in [-0.4, -0.2) is 17.4 Å². The number of ether oxygens (including phenoxy) is 1. The number of hydrogen-bond donors (Lipinski definition) is 1. The monoisotopic (exact) mass is 462 g/mol. The molecule has 0 spiro atoms. The molecular formula is C27H21F3N2O2. The summed E-state index contributed by atoms with van der Waals surface area (Å²) in [6, 6.07) is 26.7. The molecule has 1 amide bonds. The molecule has 1 aromatic heterocycles. The Morgan fingerprint density at radius 3 is 2.12 bits per heavy atom. The van der Waals surface area contributed by atoms with Crippen molar-refractivity contribution in [2.24, 2.45) is 0 Å². The number of rotatable bonds is 7. The highest BCUT2D eigenvalue weighted by atomic mass is 19.4. The predicted octanol–water partition coefficient (Wildman–Crippen LogP) is 6.53. The smallest absolute Gasteiger partial charge is 0.417 e. The van der Waals surface area contributed by atoms with Gasteiger partial charge in [-0.05, 0) is 53.4 Å². The molecule has 1 heterocycles. The van der Waals surface area contributed by atoms with Crippen LogP contribution in [0, 0.1) is 0 Å². The molecule has 0 saturated heterocycles. The van der Waals surface area contributed by atoms with E-state index in [1.54, 1.807) is 24.3 Å². The van der Waals surface area contributed by atoms with Gasteiger partial charge in [-0.15, -0.1) is 0 Å². The summed E-state index contributed by atoms with van der Waals surface area (Å²) in [6.45, 7) is 0.483. The van der Waals surface area contributed by atoms with Crippen LogP contribution in [0.25, 0.3) is 11.1 Å². The van der Waals surface area contributed by atoms with Gasteiger partial charge in [0.15, 0.2) is 0 Å². The van der Waals surface area contributed by atoms with Gasteiger partial charge in [0.25, 0.3) is 5.91 Å². The minimum absolute atomic E-state index is 0.0310. The summed E-state index contributed by atoms with van der Waals surface area (Å²) in [5, 5.41) is 2.88. The number of alkyl halides is 3. The Morgan fingerprint density at radius 1 is 0.824 bits per heavy atom. The Balaban J connectivity index is 1.27. The average Bonchev–Trinajstić information content (AvgIpc) is 2.85. The quantitative estimate of drug-likeness (QED) is 0.340. The van der Waals surface area contributed by atoms with Crippen molar-refractivity contribution < 1.29 is 22.7 Å². The Morgan fingerprint density at radius 2 is 1.50 bits per heavy atom. The van der Waals surface area contributed by atoms with Crippen LogP contribution >= 0.6 is 0 Å². The van der Waals surface area contributed by atoms with Gasteiger partial charge in [-0.3, -0.25) is 4.79 Å². The van der Waals surface area contributed by atoms with Crippen LogP contribution in [0.2, 0.25) is 0 Å². The molecule has 172 valence electrons. The van der Waals surface area contributed by atoms with E-state index in [2.05, 4.69) is 46.7 Å². The molecule has 0 aliphatic heterocycles. The standard InChI is InChI=1S/C27H21F3N2O2/c28-27(29,30)23-12-15-25(32-18-23)34-24-13-10-22(11-14-24)26(33)31-17-16-19-6-8-21(9-7-19)20-4-2-1-3-5-20/h1-15,18H,16-17H2,(H,31,33). The van der Waals surface area contributed by atoms with E-state index in [4.69, 9.17) is 4.74 Å². The van der Waals surface area contributed by atoms with Crippen molar-refractivity contribution in [2.45, 2.75) is 12.6 Å². The van der Waals surface area contributed by atoms with Gasteiger partial charge in [0, 0.05) is 24.4 Å². The predicted molar refractivity (Wildman–Crippen MR) is 124 cm³/mol. The first kappa shape index (κ1) is 23.0. The zero-order valence-corrected chi connectivity index (χ0v) is 18.0. The first-order valence-electron chi connectivity index (χ1n) is 10.6. The maximum absolute atomic E-state index is 12.6. The van der Waals surface area contributed by atoms with Gasteiger partial charge in [0.1, 0.15) is 5.75 Å². The van der Waals surface area contributed by atoms with Crippen molar-refractivity contribution in [3.63, 3.8) is 0 Å². The molecule has 4 aromatic rings. The van der Waals surface area contributed by atoms with Crippen molar-refractivity contribution in [1.82, 2.24) is 10.3 Å². The molecule has 3 aromatic carbocycles. The lowest BCUT2D eigenvalue weighted by Gasteiger charge is -2.09. The van der Waals surface area contributed by atoms with Gasteiger partial charge >= 0.3 is 6.18 Å². The maximum Gasteiger partial charge on any atom is 0.417 e. The Labute approximate surface area is 195 Å². The lowest BCUT2D eigenvalue weighted by molar-refractivity contribution is -0.137. The topological polar surface area (TPSA) is 51.2 Å². The Kier molecular flexibility index (Phi) is 6.92. The molecule has 0 radical (unpaired) electrons. The fraction of sp³-hybridized carbons (Fsp3) is 0.111. The van der Waals surface area contributed by atoms with Crippen molar-refractivity contribution in [3.8, 4) is 22.8 Å². The highest BCUT2D eigenvalue weighted by molar-refractivity contribution is 5.94. The molecule has 7 heteroatoms. The molecule has 0 saturated carbocycles. The number of pyridine rings is 1. The van der Waals surface area contributed by atoms with E-state index in [-0.39, 0.29) is 11.8 Å². The Hall–Kier alpha value is -4.13. The molecule has 0 aliphatic rings. The number of aromatic nitrogens is 1. The number of carbonyl (C=O) groups excluding carboxylic acids is 1. The number of benzene rings is 3. The minimum atomic E-state index is -4.45. The highest BCUT2D eigenvalue weighted by Gasteiger charge is 2.30. The van der Waals surface area contributed by atoms with Gasteiger partial charge in [-0.25, -0.2) is 4.98 Å². The van der Waals surface area contributed by atoms with Crippen molar-refractivity contribution in [2.75, 3.05) is 6.54 Å². The molecule has 0 unspecified atom stereocenters. The summed E-state index contributed by atoms with van der Waals surface area (Å²) >= 11 is 0. The second kappa shape index (κ2) is 10.2. The number of halogens is 3. The van der Waals surface area contributed by atoms with E-state index in [0.29, 0.717) is 30.5 Å². The van der Waals surface area contributed by atoms with E-state index in [9.17, 15) is 18.0 Å². The summed E-state index contributed by atoms with van der Waals surface area (Å²) < 4.78 is 43.3. The van der Waals surface area contributed by atoms with Crippen LogP contribution < -0.4 is 10.1 Å². The molecule has 0 bridgehead atoms. The van der Waals surface area contributed by atoms with Crippen LogP contribution in [-0.2, 0) is 12.6 Å². The molecular weight excluding hydrogens is 441 g/mol. The first-order chi connectivity index (χ1) is 16.4. The van der Waals surface area contributed by atoms with Gasteiger partial charge in [0.2, 0.25) is 5.88 Å². The van der Waals surface area contributed by atoms with E-state index >= 15 is 0 Å². The zero-order valence-electron chi connectivity index (χ0n) is 18.0. The summed E-state index contributed by atoms with van der Waals surface area (Å²) in [5.41, 5.74) is 3.02. The molecule has 0 atom stereocenters. The van der Waals surface area contributed by atoms with Gasteiger partial charge in [-0.1, -0.05) is 54.6 Å². The van der Waals surface area contributed by atoms with E-state index < -0.39 is 11.7 Å². The largest absolute Gasteiger partial charge is 0.439 e. The number of hydrogen-bond acceptors (Lipinski definition) is 3. The molecule has 34 heavy (non-hydrogen) atoms. The van der Waals surface area contributed by atoms with Crippen molar-refractivity contribution in [3.05, 3.63) is 114 Å². The summed E-state index contributed by atoms with van der Waals surface area (Å²) in [4.78, 5) is 16.1. The second-order valence-corrected chi connectivity index (χ2v) is 7.58. The number of carbonyl (C=O) groups is 1. The van der Waals surface area contributed by atoms with Crippen LogP contribution in [0.1, 0.15) is 21.5 Å². The molecule has 4 nitrogen and oxygen atoms in total. The van der Waals surface area contributed by atoms with Crippen molar-refractivity contribution in [1.29, 1.82) is 0 Å². The van der Waals surface area contributed by atoms with Crippen LogP contribution in [0.5, 0.6) is 11.6 Å². The SMILES string of the molecule is O=C(NCCc1ccc(-c2ccccc2)cc1)c1ccc(Oc2ccc(C(F)(F)F)cn2)cc1. The van der Waals surface area contributed by atoms with Crippen molar-refractivity contribution >= 4 is 5.91 Å². The van der Waals surface area contributed by atoms with Gasteiger partial charge < -0.3 is 10.1 Å². The third kappa shape index (κ3) is 6.01. The van der Waals surface area contributed by atoms with Crippen LogP contribution in [0.4, 0.5) is 13.2 Å². The third-order valence-corrected chi connectivity index (χ3v) is 5.16. The highest BCUT2D eigenvalue weighted by Crippen LogP contribution is 2.30. The van der Waals surface area contributed by atoms with Crippen LogP contribution in [0.3, 0.4) is 0 Å². The van der Waals surface area contributed by atoms with Gasteiger partial charge in [-0.2, -0.15) is 13.2 Å². The van der Waals surface area contributed by atoms with Gasteiger partial charge in [0.05, 0.1) is 5.56 Å². The number of amides is 1.